The zero-order valence-corrected chi connectivity index (χ0v) is 12.0. The number of rotatable bonds is 6. The second kappa shape index (κ2) is 7.33. The van der Waals surface area contributed by atoms with Crippen LogP contribution in [-0.2, 0) is 4.79 Å². The van der Waals surface area contributed by atoms with Gasteiger partial charge in [0.05, 0.1) is 6.54 Å². The normalized spacial score (nSPS) is 17.6. The van der Waals surface area contributed by atoms with E-state index in [-0.39, 0.29) is 17.2 Å². The van der Waals surface area contributed by atoms with E-state index in [4.69, 9.17) is 10.9 Å². The van der Waals surface area contributed by atoms with Crippen LogP contribution < -0.4 is 11.1 Å². The first-order valence-corrected chi connectivity index (χ1v) is 6.94. The average Bonchev–Trinajstić information content (AvgIpc) is 2.43. The second-order valence-electron chi connectivity index (χ2n) is 5.74. The lowest BCUT2D eigenvalue weighted by molar-refractivity contribution is -0.131. The van der Waals surface area contributed by atoms with Gasteiger partial charge in [0.15, 0.2) is 0 Å². The Morgan fingerprint density at radius 3 is 2.58 bits per heavy atom. The van der Waals surface area contributed by atoms with E-state index in [2.05, 4.69) is 10.5 Å². The van der Waals surface area contributed by atoms with Crippen LogP contribution in [0.1, 0.15) is 39.5 Å². The van der Waals surface area contributed by atoms with Gasteiger partial charge in [-0.05, 0) is 32.2 Å². The molecular formula is C13H26N4O2. The van der Waals surface area contributed by atoms with Crippen molar-refractivity contribution in [1.82, 2.24) is 10.2 Å². The largest absolute Gasteiger partial charge is 0.409 e. The second-order valence-corrected chi connectivity index (χ2v) is 5.74. The van der Waals surface area contributed by atoms with Crippen LogP contribution in [0.2, 0.25) is 0 Å². The number of likely N-dealkylation sites (tertiary alicyclic amines) is 1. The molecule has 0 aromatic carbocycles. The number of oxime groups is 1. The Bertz CT molecular complexity index is 323. The molecule has 0 saturated carbocycles. The lowest BCUT2D eigenvalue weighted by Gasteiger charge is -2.27. The molecule has 1 saturated heterocycles. The summed E-state index contributed by atoms with van der Waals surface area (Å²) < 4.78 is 0. The van der Waals surface area contributed by atoms with Gasteiger partial charge in [-0.15, -0.1) is 0 Å². The zero-order chi connectivity index (χ0) is 14.3. The molecule has 4 N–H and O–H groups in total. The van der Waals surface area contributed by atoms with E-state index in [1.807, 2.05) is 18.7 Å². The van der Waals surface area contributed by atoms with E-state index in [9.17, 15) is 4.79 Å². The number of hydrogen-bond acceptors (Lipinski definition) is 4. The van der Waals surface area contributed by atoms with Crippen molar-refractivity contribution in [1.29, 1.82) is 0 Å². The summed E-state index contributed by atoms with van der Waals surface area (Å²) >= 11 is 0. The molecule has 0 unspecified atom stereocenters. The van der Waals surface area contributed by atoms with Crippen LogP contribution in [0.25, 0.3) is 0 Å². The van der Waals surface area contributed by atoms with Gasteiger partial charge < -0.3 is 21.2 Å². The van der Waals surface area contributed by atoms with Gasteiger partial charge in [-0.2, -0.15) is 0 Å². The van der Waals surface area contributed by atoms with Gasteiger partial charge in [0.25, 0.3) is 0 Å². The molecule has 19 heavy (non-hydrogen) atoms. The topological polar surface area (TPSA) is 91.0 Å². The number of piperidine rings is 1. The molecule has 1 heterocycles. The molecule has 0 spiro atoms. The van der Waals surface area contributed by atoms with Crippen LogP contribution >= 0.6 is 0 Å². The minimum absolute atomic E-state index is 0.168. The zero-order valence-electron chi connectivity index (χ0n) is 12.0. The number of nitrogens with zero attached hydrogens (tertiary/aromatic N) is 2. The Hall–Kier alpha value is -1.30. The Kier molecular flexibility index (Phi) is 6.08. The molecule has 0 radical (unpaired) electrons. The summed E-state index contributed by atoms with van der Waals surface area (Å²) in [5, 5.41) is 14.8. The van der Waals surface area contributed by atoms with Gasteiger partial charge in [0, 0.05) is 18.5 Å². The van der Waals surface area contributed by atoms with Crippen molar-refractivity contribution >= 4 is 11.7 Å². The third-order valence-corrected chi connectivity index (χ3v) is 3.71. The van der Waals surface area contributed by atoms with Gasteiger partial charge in [-0.1, -0.05) is 19.0 Å². The van der Waals surface area contributed by atoms with E-state index in [0.717, 1.165) is 32.4 Å². The third kappa shape index (κ3) is 5.06. The lowest BCUT2D eigenvalue weighted by atomic mass is 9.88. The molecule has 0 aliphatic carbocycles. The Labute approximate surface area is 115 Å². The van der Waals surface area contributed by atoms with Crippen molar-refractivity contribution in [2.24, 2.45) is 16.3 Å². The Morgan fingerprint density at radius 2 is 2.00 bits per heavy atom. The number of amides is 1. The van der Waals surface area contributed by atoms with Gasteiger partial charge in [-0.25, -0.2) is 0 Å². The molecule has 6 nitrogen and oxygen atoms in total. The molecule has 0 aromatic heterocycles. The lowest BCUT2D eigenvalue weighted by Crippen LogP contribution is -2.42. The molecule has 1 fully saturated rings. The fourth-order valence-corrected chi connectivity index (χ4v) is 2.11. The van der Waals surface area contributed by atoms with Gasteiger partial charge in [0.2, 0.25) is 5.91 Å². The quantitative estimate of drug-likeness (QED) is 0.218. The summed E-state index contributed by atoms with van der Waals surface area (Å²) in [6.07, 6.45) is 4.17. The maximum atomic E-state index is 11.9. The summed E-state index contributed by atoms with van der Waals surface area (Å²) in [6.45, 7) is 6.63. The van der Waals surface area contributed by atoms with Crippen molar-refractivity contribution < 1.29 is 10.0 Å². The van der Waals surface area contributed by atoms with Crippen LogP contribution in [0, 0.1) is 5.41 Å². The number of nitrogens with one attached hydrogen (secondary N) is 1. The van der Waals surface area contributed by atoms with E-state index in [0.29, 0.717) is 13.1 Å². The number of carbonyl (C=O) groups excluding carboxylic acids is 1. The Balaban J connectivity index is 2.21. The summed E-state index contributed by atoms with van der Waals surface area (Å²) in [5.74, 6) is 0.387. The summed E-state index contributed by atoms with van der Waals surface area (Å²) in [4.78, 5) is 13.8. The third-order valence-electron chi connectivity index (χ3n) is 3.71. The van der Waals surface area contributed by atoms with E-state index in [1.54, 1.807) is 0 Å². The molecule has 0 atom stereocenters. The maximum Gasteiger partial charge on any atom is 0.236 e. The van der Waals surface area contributed by atoms with Gasteiger partial charge in [-0.3, -0.25) is 4.79 Å². The SMILES string of the molecule is CC(C)(CCNCC(=O)N1CCCCC1)C(N)=NO. The number of nitrogens with two attached hydrogens (primary N) is 1. The Morgan fingerprint density at radius 1 is 1.37 bits per heavy atom. The highest BCUT2D eigenvalue weighted by Crippen LogP contribution is 2.19. The van der Waals surface area contributed by atoms with Crippen LogP contribution in [0.3, 0.4) is 0 Å². The highest BCUT2D eigenvalue weighted by Gasteiger charge is 2.23. The summed E-state index contributed by atoms with van der Waals surface area (Å²) in [6, 6.07) is 0. The van der Waals surface area contributed by atoms with Crippen molar-refractivity contribution in [3.63, 3.8) is 0 Å². The number of carbonyl (C=O) groups is 1. The van der Waals surface area contributed by atoms with Crippen LogP contribution in [0.5, 0.6) is 0 Å². The van der Waals surface area contributed by atoms with Crippen molar-refractivity contribution in [2.45, 2.75) is 39.5 Å². The first-order chi connectivity index (χ1) is 8.97. The molecule has 0 bridgehead atoms. The van der Waals surface area contributed by atoms with Crippen molar-refractivity contribution in [3.8, 4) is 0 Å². The first-order valence-electron chi connectivity index (χ1n) is 6.94. The monoisotopic (exact) mass is 270 g/mol. The summed E-state index contributed by atoms with van der Waals surface area (Å²) in [5.41, 5.74) is 5.24. The standard InChI is InChI=1S/C13H26N4O2/c1-13(2,12(14)16-19)6-7-15-10-11(18)17-8-4-3-5-9-17/h15,19H,3-10H2,1-2H3,(H2,14,16). The first kappa shape index (κ1) is 15.8. The fraction of sp³-hybridized carbons (Fsp3) is 0.846. The number of hydrogen-bond donors (Lipinski definition) is 3. The minimum Gasteiger partial charge on any atom is -0.409 e. The molecule has 1 amide bonds. The fourth-order valence-electron chi connectivity index (χ4n) is 2.11. The molecule has 1 aliphatic rings. The van der Waals surface area contributed by atoms with E-state index < -0.39 is 0 Å². The molecular weight excluding hydrogens is 244 g/mol. The molecule has 1 aliphatic heterocycles. The predicted molar refractivity (Wildman–Crippen MR) is 75.1 cm³/mol. The van der Waals surface area contributed by atoms with Crippen molar-refractivity contribution in [2.75, 3.05) is 26.2 Å². The highest BCUT2D eigenvalue weighted by molar-refractivity contribution is 5.85. The van der Waals surface area contributed by atoms with E-state index >= 15 is 0 Å². The predicted octanol–water partition coefficient (Wildman–Crippen LogP) is 0.751. The smallest absolute Gasteiger partial charge is 0.236 e. The van der Waals surface area contributed by atoms with E-state index in [1.165, 1.54) is 6.42 Å². The van der Waals surface area contributed by atoms with Crippen LogP contribution in [0.4, 0.5) is 0 Å². The summed E-state index contributed by atoms with van der Waals surface area (Å²) in [7, 11) is 0. The highest BCUT2D eigenvalue weighted by atomic mass is 16.4. The van der Waals surface area contributed by atoms with Gasteiger partial charge in [0.1, 0.15) is 5.84 Å². The van der Waals surface area contributed by atoms with Crippen molar-refractivity contribution in [3.05, 3.63) is 0 Å². The van der Waals surface area contributed by atoms with Gasteiger partial charge >= 0.3 is 0 Å². The minimum atomic E-state index is -0.365. The average molecular weight is 270 g/mol. The number of amidine groups is 1. The molecule has 110 valence electrons. The molecule has 6 heteroatoms. The van der Waals surface area contributed by atoms with Crippen LogP contribution in [-0.4, -0.2) is 48.0 Å². The molecule has 1 rings (SSSR count). The maximum absolute atomic E-state index is 11.9. The van der Waals surface area contributed by atoms with Crippen LogP contribution in [0.15, 0.2) is 5.16 Å². The molecule has 0 aromatic rings.